The zero-order valence-corrected chi connectivity index (χ0v) is 8.98. The number of nitrogens with two attached hydrogens (primary N) is 1. The summed E-state index contributed by atoms with van der Waals surface area (Å²) in [4.78, 5) is 10.8. The summed E-state index contributed by atoms with van der Waals surface area (Å²) in [5.41, 5.74) is 6.41. The molecule has 86 valence electrons. The fraction of sp³-hybridized carbons (Fsp3) is 0.417. The number of aromatic carboxylic acids is 1. The fourth-order valence-corrected chi connectivity index (χ4v) is 1.66. The highest BCUT2D eigenvalue weighted by atomic mass is 16.5. The molecule has 3 N–H and O–H groups in total. The second kappa shape index (κ2) is 4.43. The number of nitrogen functional groups attached to an aromatic ring is 1. The molecule has 0 radical (unpaired) electrons. The van der Waals surface area contributed by atoms with Crippen LogP contribution in [0.15, 0.2) is 18.2 Å². The Kier molecular flexibility index (Phi) is 2.99. The maximum atomic E-state index is 10.8. The van der Waals surface area contributed by atoms with Gasteiger partial charge in [-0.25, -0.2) is 4.79 Å². The third kappa shape index (κ3) is 2.27. The van der Waals surface area contributed by atoms with Gasteiger partial charge in [0, 0.05) is 0 Å². The van der Waals surface area contributed by atoms with E-state index in [2.05, 4.69) is 0 Å². The SMILES string of the molecule is Nc1ccc(C(=O)O)cc1OCC1CCC1. The zero-order valence-electron chi connectivity index (χ0n) is 8.98. The first-order valence-corrected chi connectivity index (χ1v) is 5.42. The average Bonchev–Trinajstić information content (AvgIpc) is 2.18. The average molecular weight is 221 g/mol. The molecule has 1 aromatic carbocycles. The van der Waals surface area contributed by atoms with Gasteiger partial charge in [0.2, 0.25) is 0 Å². The van der Waals surface area contributed by atoms with Crippen molar-refractivity contribution in [2.75, 3.05) is 12.3 Å². The lowest BCUT2D eigenvalue weighted by molar-refractivity contribution is 0.0696. The molecular weight excluding hydrogens is 206 g/mol. The van der Waals surface area contributed by atoms with Gasteiger partial charge in [-0.1, -0.05) is 6.42 Å². The highest BCUT2D eigenvalue weighted by molar-refractivity contribution is 5.89. The van der Waals surface area contributed by atoms with Crippen LogP contribution in [0.4, 0.5) is 5.69 Å². The van der Waals surface area contributed by atoms with Crippen molar-refractivity contribution in [3.05, 3.63) is 23.8 Å². The van der Waals surface area contributed by atoms with Crippen LogP contribution in [0.25, 0.3) is 0 Å². The molecule has 0 aliphatic heterocycles. The first-order chi connectivity index (χ1) is 7.66. The van der Waals surface area contributed by atoms with Gasteiger partial charge in [-0.05, 0) is 37.0 Å². The van der Waals surface area contributed by atoms with Gasteiger partial charge in [0.15, 0.2) is 0 Å². The molecule has 2 rings (SSSR count). The van der Waals surface area contributed by atoms with Gasteiger partial charge in [0.05, 0.1) is 17.9 Å². The lowest BCUT2D eigenvalue weighted by atomic mass is 9.86. The van der Waals surface area contributed by atoms with Crippen molar-refractivity contribution in [3.63, 3.8) is 0 Å². The molecule has 4 heteroatoms. The first-order valence-electron chi connectivity index (χ1n) is 5.42. The second-order valence-electron chi connectivity index (χ2n) is 4.17. The van der Waals surface area contributed by atoms with Crippen LogP contribution in [-0.2, 0) is 0 Å². The third-order valence-corrected chi connectivity index (χ3v) is 2.96. The van der Waals surface area contributed by atoms with Crippen molar-refractivity contribution in [2.45, 2.75) is 19.3 Å². The van der Waals surface area contributed by atoms with Crippen LogP contribution < -0.4 is 10.5 Å². The molecule has 1 aliphatic rings. The number of hydrogen-bond acceptors (Lipinski definition) is 3. The van der Waals surface area contributed by atoms with Crippen LogP contribution in [0.5, 0.6) is 5.75 Å². The smallest absolute Gasteiger partial charge is 0.335 e. The number of carboxylic acid groups (broad SMARTS) is 1. The summed E-state index contributed by atoms with van der Waals surface area (Å²) in [5, 5.41) is 8.84. The number of rotatable bonds is 4. The van der Waals surface area contributed by atoms with E-state index in [0.29, 0.717) is 24.0 Å². The Hall–Kier alpha value is -1.71. The monoisotopic (exact) mass is 221 g/mol. The predicted octanol–water partition coefficient (Wildman–Crippen LogP) is 2.15. The van der Waals surface area contributed by atoms with Crippen molar-refractivity contribution < 1.29 is 14.6 Å². The van der Waals surface area contributed by atoms with Crippen molar-refractivity contribution >= 4 is 11.7 Å². The topological polar surface area (TPSA) is 72.6 Å². The minimum atomic E-state index is -0.964. The van der Waals surface area contributed by atoms with Crippen molar-refractivity contribution in [3.8, 4) is 5.75 Å². The number of hydrogen-bond donors (Lipinski definition) is 2. The molecule has 0 unspecified atom stereocenters. The standard InChI is InChI=1S/C12H15NO3/c13-10-5-4-9(12(14)15)6-11(10)16-7-8-2-1-3-8/h4-6,8H,1-3,7,13H2,(H,14,15). The van der Waals surface area contributed by atoms with Crippen molar-refractivity contribution in [1.82, 2.24) is 0 Å². The maximum absolute atomic E-state index is 10.8. The molecule has 16 heavy (non-hydrogen) atoms. The zero-order chi connectivity index (χ0) is 11.5. The van der Waals surface area contributed by atoms with E-state index < -0.39 is 5.97 Å². The third-order valence-electron chi connectivity index (χ3n) is 2.96. The molecular formula is C12H15NO3. The van der Waals surface area contributed by atoms with E-state index in [-0.39, 0.29) is 5.56 Å². The van der Waals surface area contributed by atoms with Crippen LogP contribution in [-0.4, -0.2) is 17.7 Å². The van der Waals surface area contributed by atoms with E-state index in [1.165, 1.54) is 31.4 Å². The largest absolute Gasteiger partial charge is 0.491 e. The Morgan fingerprint density at radius 2 is 2.25 bits per heavy atom. The highest BCUT2D eigenvalue weighted by Crippen LogP contribution is 2.29. The molecule has 1 aliphatic carbocycles. The van der Waals surface area contributed by atoms with E-state index in [9.17, 15) is 4.79 Å². The highest BCUT2D eigenvalue weighted by Gasteiger charge is 2.18. The summed E-state index contributed by atoms with van der Waals surface area (Å²) in [6.07, 6.45) is 3.65. The summed E-state index contributed by atoms with van der Waals surface area (Å²) in [5.74, 6) is 0.119. The van der Waals surface area contributed by atoms with Crippen LogP contribution in [0.2, 0.25) is 0 Å². The van der Waals surface area contributed by atoms with E-state index in [4.69, 9.17) is 15.6 Å². The Labute approximate surface area is 94.0 Å². The summed E-state index contributed by atoms with van der Waals surface area (Å²) in [6, 6.07) is 4.53. The van der Waals surface area contributed by atoms with Gasteiger partial charge < -0.3 is 15.6 Å². The molecule has 0 bridgehead atoms. The second-order valence-corrected chi connectivity index (χ2v) is 4.17. The van der Waals surface area contributed by atoms with Gasteiger partial charge in [-0.2, -0.15) is 0 Å². The van der Waals surface area contributed by atoms with Crippen molar-refractivity contribution in [2.24, 2.45) is 5.92 Å². The molecule has 0 amide bonds. The number of carbonyl (C=O) groups is 1. The number of carboxylic acids is 1. The maximum Gasteiger partial charge on any atom is 0.335 e. The number of anilines is 1. The molecule has 0 spiro atoms. The van der Waals surface area contributed by atoms with E-state index >= 15 is 0 Å². The van der Waals surface area contributed by atoms with Crippen LogP contribution in [0.1, 0.15) is 29.6 Å². The minimum Gasteiger partial charge on any atom is -0.491 e. The summed E-state index contributed by atoms with van der Waals surface area (Å²) in [7, 11) is 0. The molecule has 4 nitrogen and oxygen atoms in total. The Morgan fingerprint density at radius 1 is 1.50 bits per heavy atom. The molecule has 0 heterocycles. The van der Waals surface area contributed by atoms with Gasteiger partial charge >= 0.3 is 5.97 Å². The molecule has 1 fully saturated rings. The molecule has 0 aromatic heterocycles. The van der Waals surface area contributed by atoms with Gasteiger partial charge in [-0.15, -0.1) is 0 Å². The van der Waals surface area contributed by atoms with E-state index in [1.54, 1.807) is 6.07 Å². The van der Waals surface area contributed by atoms with Gasteiger partial charge in [-0.3, -0.25) is 0 Å². The first kappa shape index (κ1) is 10.8. The predicted molar refractivity (Wildman–Crippen MR) is 60.6 cm³/mol. The van der Waals surface area contributed by atoms with Gasteiger partial charge in [0.1, 0.15) is 5.75 Å². The Balaban J connectivity index is 2.05. The lowest BCUT2D eigenvalue weighted by Gasteiger charge is -2.25. The normalized spacial score (nSPS) is 15.5. The fourth-order valence-electron chi connectivity index (χ4n) is 1.66. The van der Waals surface area contributed by atoms with E-state index in [0.717, 1.165) is 0 Å². The molecule has 1 aromatic rings. The summed E-state index contributed by atoms with van der Waals surface area (Å²) < 4.78 is 5.54. The minimum absolute atomic E-state index is 0.206. The van der Waals surface area contributed by atoms with E-state index in [1.807, 2.05) is 0 Å². The van der Waals surface area contributed by atoms with Crippen LogP contribution in [0.3, 0.4) is 0 Å². The molecule has 0 atom stereocenters. The summed E-state index contributed by atoms with van der Waals surface area (Å²) in [6.45, 7) is 0.632. The van der Waals surface area contributed by atoms with Crippen LogP contribution >= 0.6 is 0 Å². The number of benzene rings is 1. The Bertz CT molecular complexity index is 399. The quantitative estimate of drug-likeness (QED) is 0.764. The number of ether oxygens (including phenoxy) is 1. The van der Waals surface area contributed by atoms with Crippen molar-refractivity contribution in [1.29, 1.82) is 0 Å². The lowest BCUT2D eigenvalue weighted by Crippen LogP contribution is -2.19. The molecule has 0 saturated heterocycles. The van der Waals surface area contributed by atoms with Gasteiger partial charge in [0.25, 0.3) is 0 Å². The molecule has 1 saturated carbocycles. The summed E-state index contributed by atoms with van der Waals surface area (Å²) >= 11 is 0. The van der Waals surface area contributed by atoms with Crippen LogP contribution in [0, 0.1) is 5.92 Å². The Morgan fingerprint density at radius 3 is 2.81 bits per heavy atom.